The monoisotopic (exact) mass is 285 g/mol. The number of nitrogens with one attached hydrogen (secondary N) is 1. The predicted molar refractivity (Wildman–Crippen MR) is 82.9 cm³/mol. The Labute approximate surface area is 123 Å². The Morgan fingerprint density at radius 1 is 1.29 bits per heavy atom. The molecular formula is C16H19N3O2. The molecule has 0 bridgehead atoms. The minimum atomic E-state index is -0.277. The Kier molecular flexibility index (Phi) is 4.77. The summed E-state index contributed by atoms with van der Waals surface area (Å²) in [6, 6.07) is 10.4. The first-order valence-corrected chi connectivity index (χ1v) is 6.92. The van der Waals surface area contributed by atoms with Gasteiger partial charge in [-0.05, 0) is 30.2 Å². The van der Waals surface area contributed by atoms with Gasteiger partial charge < -0.3 is 15.6 Å². The lowest BCUT2D eigenvalue weighted by atomic mass is 10.1. The topological polar surface area (TPSA) is 79.2 Å². The van der Waals surface area contributed by atoms with Gasteiger partial charge in [-0.15, -0.1) is 0 Å². The van der Waals surface area contributed by atoms with Crippen molar-refractivity contribution in [2.75, 3.05) is 12.3 Å². The number of nitrogens with two attached hydrogens (primary N) is 1. The molecule has 5 heteroatoms. The molecule has 0 radical (unpaired) electrons. The fourth-order valence-corrected chi connectivity index (χ4v) is 2.19. The minimum absolute atomic E-state index is 0.148. The lowest BCUT2D eigenvalue weighted by Gasteiger charge is -2.22. The van der Waals surface area contributed by atoms with E-state index < -0.39 is 0 Å². The summed E-state index contributed by atoms with van der Waals surface area (Å²) in [5.74, 6) is -0.148. The molecule has 0 spiro atoms. The number of aromatic amines is 1. The Balaban J connectivity index is 2.22. The smallest absolute Gasteiger partial charge is 0.254 e. The third kappa shape index (κ3) is 3.95. The maximum atomic E-state index is 12.5. The van der Waals surface area contributed by atoms with E-state index in [1.165, 1.54) is 12.3 Å². The van der Waals surface area contributed by atoms with Crippen molar-refractivity contribution >= 4 is 11.6 Å². The van der Waals surface area contributed by atoms with Crippen molar-refractivity contribution < 1.29 is 4.79 Å². The fourth-order valence-electron chi connectivity index (χ4n) is 2.19. The summed E-state index contributed by atoms with van der Waals surface area (Å²) in [6.45, 7) is 3.11. The number of H-pyrrole nitrogens is 1. The standard InChI is InChI=1S/C16H19N3O2/c1-2-8-19(11-12-4-3-5-14(17)9-12)16(21)13-6-7-18-15(20)10-13/h3-7,9-10H,2,8,11,17H2,1H3,(H,18,20). The van der Waals surface area contributed by atoms with Crippen molar-refractivity contribution in [2.24, 2.45) is 0 Å². The summed E-state index contributed by atoms with van der Waals surface area (Å²) in [5.41, 5.74) is 7.54. The van der Waals surface area contributed by atoms with E-state index in [1.807, 2.05) is 31.2 Å². The molecule has 2 rings (SSSR count). The van der Waals surface area contributed by atoms with Crippen molar-refractivity contribution in [1.29, 1.82) is 0 Å². The number of aromatic nitrogens is 1. The second-order valence-electron chi connectivity index (χ2n) is 4.91. The van der Waals surface area contributed by atoms with Crippen LogP contribution in [-0.2, 0) is 6.54 Å². The first-order valence-electron chi connectivity index (χ1n) is 6.92. The fraction of sp³-hybridized carbons (Fsp3) is 0.250. The molecule has 1 aromatic carbocycles. The Morgan fingerprint density at radius 2 is 2.10 bits per heavy atom. The van der Waals surface area contributed by atoms with Crippen LogP contribution in [0.15, 0.2) is 47.4 Å². The SMILES string of the molecule is CCCN(Cc1cccc(N)c1)C(=O)c1cc[nH]c(=O)c1. The minimum Gasteiger partial charge on any atom is -0.399 e. The first-order chi connectivity index (χ1) is 10.1. The molecule has 2 aromatic rings. The summed E-state index contributed by atoms with van der Waals surface area (Å²) in [6.07, 6.45) is 2.33. The van der Waals surface area contributed by atoms with E-state index in [1.54, 1.807) is 11.0 Å². The van der Waals surface area contributed by atoms with Gasteiger partial charge >= 0.3 is 0 Å². The number of benzene rings is 1. The van der Waals surface area contributed by atoms with Crippen LogP contribution in [0.25, 0.3) is 0 Å². The molecule has 21 heavy (non-hydrogen) atoms. The summed E-state index contributed by atoms with van der Waals surface area (Å²) in [7, 11) is 0. The molecule has 1 aromatic heterocycles. The number of carbonyl (C=O) groups excluding carboxylic acids is 1. The van der Waals surface area contributed by atoms with E-state index in [4.69, 9.17) is 5.73 Å². The van der Waals surface area contributed by atoms with E-state index in [0.717, 1.165) is 12.0 Å². The van der Waals surface area contributed by atoms with E-state index in [-0.39, 0.29) is 11.5 Å². The molecule has 0 saturated carbocycles. The number of nitrogen functional groups attached to an aromatic ring is 1. The second kappa shape index (κ2) is 6.74. The zero-order valence-corrected chi connectivity index (χ0v) is 12.0. The summed E-state index contributed by atoms with van der Waals surface area (Å²) in [4.78, 5) is 28.1. The van der Waals surface area contributed by atoms with E-state index in [9.17, 15) is 9.59 Å². The van der Waals surface area contributed by atoms with Gasteiger partial charge in [0.2, 0.25) is 5.56 Å². The van der Waals surface area contributed by atoms with E-state index >= 15 is 0 Å². The van der Waals surface area contributed by atoms with Crippen LogP contribution in [0.2, 0.25) is 0 Å². The van der Waals surface area contributed by atoms with Gasteiger partial charge in [-0.1, -0.05) is 19.1 Å². The zero-order valence-electron chi connectivity index (χ0n) is 12.0. The van der Waals surface area contributed by atoms with Crippen molar-refractivity contribution in [2.45, 2.75) is 19.9 Å². The Hall–Kier alpha value is -2.56. The molecule has 0 saturated heterocycles. The highest BCUT2D eigenvalue weighted by atomic mass is 16.2. The summed E-state index contributed by atoms with van der Waals surface area (Å²) in [5, 5.41) is 0. The molecule has 0 aliphatic rings. The van der Waals surface area contributed by atoms with E-state index in [0.29, 0.717) is 24.3 Å². The van der Waals surface area contributed by atoms with Gasteiger partial charge in [-0.2, -0.15) is 0 Å². The molecule has 0 aliphatic heterocycles. The Morgan fingerprint density at radius 3 is 2.76 bits per heavy atom. The Bertz CT molecular complexity index is 679. The number of amides is 1. The predicted octanol–water partition coefficient (Wildman–Crippen LogP) is 2.01. The highest BCUT2D eigenvalue weighted by Gasteiger charge is 2.15. The van der Waals surface area contributed by atoms with Gasteiger partial charge in [0.05, 0.1) is 0 Å². The quantitative estimate of drug-likeness (QED) is 0.825. The third-order valence-electron chi connectivity index (χ3n) is 3.13. The van der Waals surface area contributed by atoms with Crippen molar-refractivity contribution in [3.8, 4) is 0 Å². The van der Waals surface area contributed by atoms with Gasteiger partial charge in [-0.3, -0.25) is 9.59 Å². The highest BCUT2D eigenvalue weighted by molar-refractivity contribution is 5.94. The molecule has 0 aliphatic carbocycles. The molecule has 110 valence electrons. The van der Waals surface area contributed by atoms with Crippen LogP contribution in [0.4, 0.5) is 5.69 Å². The zero-order chi connectivity index (χ0) is 15.2. The lowest BCUT2D eigenvalue weighted by Crippen LogP contribution is -2.32. The maximum absolute atomic E-state index is 12.5. The lowest BCUT2D eigenvalue weighted by molar-refractivity contribution is 0.0743. The first kappa shape index (κ1) is 14.8. The number of anilines is 1. The van der Waals surface area contributed by atoms with Crippen LogP contribution in [0, 0.1) is 0 Å². The van der Waals surface area contributed by atoms with E-state index in [2.05, 4.69) is 4.98 Å². The van der Waals surface area contributed by atoms with Gasteiger partial charge in [0.15, 0.2) is 0 Å². The number of nitrogens with zero attached hydrogens (tertiary/aromatic N) is 1. The number of rotatable bonds is 5. The van der Waals surface area contributed by atoms with Crippen LogP contribution < -0.4 is 11.3 Å². The van der Waals surface area contributed by atoms with Crippen LogP contribution in [0.3, 0.4) is 0 Å². The largest absolute Gasteiger partial charge is 0.399 e. The van der Waals surface area contributed by atoms with Gasteiger partial charge in [0, 0.05) is 36.6 Å². The molecule has 5 nitrogen and oxygen atoms in total. The molecule has 0 unspecified atom stereocenters. The molecular weight excluding hydrogens is 266 g/mol. The van der Waals surface area contributed by atoms with Crippen molar-refractivity contribution in [1.82, 2.24) is 9.88 Å². The molecule has 1 heterocycles. The molecule has 0 fully saturated rings. The van der Waals surface area contributed by atoms with Crippen LogP contribution in [-0.4, -0.2) is 22.3 Å². The average molecular weight is 285 g/mol. The summed E-state index contributed by atoms with van der Waals surface area (Å²) < 4.78 is 0. The second-order valence-corrected chi connectivity index (χ2v) is 4.91. The van der Waals surface area contributed by atoms with Gasteiger partial charge in [0.25, 0.3) is 5.91 Å². The highest BCUT2D eigenvalue weighted by Crippen LogP contribution is 2.12. The average Bonchev–Trinajstić information content (AvgIpc) is 2.46. The number of carbonyl (C=O) groups is 1. The van der Waals surface area contributed by atoms with Crippen LogP contribution in [0.5, 0.6) is 0 Å². The van der Waals surface area contributed by atoms with Crippen LogP contribution in [0.1, 0.15) is 29.3 Å². The maximum Gasteiger partial charge on any atom is 0.254 e. The van der Waals surface area contributed by atoms with Crippen LogP contribution >= 0.6 is 0 Å². The molecule has 1 amide bonds. The van der Waals surface area contributed by atoms with Crippen molar-refractivity contribution in [3.05, 3.63) is 64.1 Å². The number of pyridine rings is 1. The third-order valence-corrected chi connectivity index (χ3v) is 3.13. The number of hydrogen-bond donors (Lipinski definition) is 2. The normalized spacial score (nSPS) is 10.3. The summed E-state index contributed by atoms with van der Waals surface area (Å²) >= 11 is 0. The van der Waals surface area contributed by atoms with Gasteiger partial charge in [-0.25, -0.2) is 0 Å². The number of hydrogen-bond acceptors (Lipinski definition) is 3. The molecule has 0 atom stereocenters. The molecule has 3 N–H and O–H groups in total. The van der Waals surface area contributed by atoms with Crippen molar-refractivity contribution in [3.63, 3.8) is 0 Å². The van der Waals surface area contributed by atoms with Gasteiger partial charge in [0.1, 0.15) is 0 Å².